The van der Waals surface area contributed by atoms with E-state index in [4.69, 9.17) is 12.2 Å². The van der Waals surface area contributed by atoms with Gasteiger partial charge in [-0.05, 0) is 49.3 Å². The quantitative estimate of drug-likeness (QED) is 0.674. The second-order valence-corrected chi connectivity index (χ2v) is 6.55. The van der Waals surface area contributed by atoms with Gasteiger partial charge in [0.05, 0.1) is 0 Å². The van der Waals surface area contributed by atoms with Gasteiger partial charge in [0.15, 0.2) is 10.6 Å². The summed E-state index contributed by atoms with van der Waals surface area (Å²) in [6, 6.07) is 12.6. The molecule has 1 amide bonds. The Hall–Kier alpha value is -2.80. The zero-order chi connectivity index (χ0) is 18.7. The highest BCUT2D eigenvalue weighted by atomic mass is 32.1. The maximum absolute atomic E-state index is 13.3. The van der Waals surface area contributed by atoms with Crippen LogP contribution < -0.4 is 5.32 Å². The predicted molar refractivity (Wildman–Crippen MR) is 101 cm³/mol. The van der Waals surface area contributed by atoms with Crippen molar-refractivity contribution in [2.75, 3.05) is 0 Å². The van der Waals surface area contributed by atoms with Crippen molar-refractivity contribution in [1.82, 2.24) is 20.1 Å². The van der Waals surface area contributed by atoms with E-state index < -0.39 is 0 Å². The van der Waals surface area contributed by atoms with E-state index in [1.165, 1.54) is 6.07 Å². The summed E-state index contributed by atoms with van der Waals surface area (Å²) in [6.07, 6.45) is 0. The molecular formula is C19H19FN4OS. The molecule has 0 aliphatic rings. The molecule has 2 N–H and O–H groups in total. The van der Waals surface area contributed by atoms with Gasteiger partial charge in [0.2, 0.25) is 5.91 Å². The third-order valence-corrected chi connectivity index (χ3v) is 4.36. The Bertz CT molecular complexity index is 1010. The Balaban J connectivity index is 1.72. The summed E-state index contributed by atoms with van der Waals surface area (Å²) in [6.45, 7) is 4.07. The van der Waals surface area contributed by atoms with Crippen molar-refractivity contribution >= 4 is 18.1 Å². The van der Waals surface area contributed by atoms with Crippen molar-refractivity contribution in [2.24, 2.45) is 0 Å². The Kier molecular flexibility index (Phi) is 5.27. The van der Waals surface area contributed by atoms with Crippen molar-refractivity contribution in [3.63, 3.8) is 0 Å². The van der Waals surface area contributed by atoms with E-state index in [1.807, 2.05) is 31.2 Å². The van der Waals surface area contributed by atoms with Crippen LogP contribution in [0.25, 0.3) is 11.4 Å². The minimum Gasteiger partial charge on any atom is -0.350 e. The number of hydrogen-bond acceptors (Lipinski definition) is 3. The summed E-state index contributed by atoms with van der Waals surface area (Å²) >= 11 is 5.26. The number of benzene rings is 2. The molecule has 0 aliphatic heterocycles. The van der Waals surface area contributed by atoms with Crippen LogP contribution in [0.15, 0.2) is 42.5 Å². The van der Waals surface area contributed by atoms with Crippen LogP contribution in [0.3, 0.4) is 0 Å². The Morgan fingerprint density at radius 3 is 2.81 bits per heavy atom. The van der Waals surface area contributed by atoms with Gasteiger partial charge >= 0.3 is 0 Å². The van der Waals surface area contributed by atoms with Crippen molar-refractivity contribution in [2.45, 2.75) is 26.9 Å². The van der Waals surface area contributed by atoms with Crippen molar-refractivity contribution < 1.29 is 9.18 Å². The SMILES string of the molecule is Cc1cccc(-c2n[nH]c(=S)n2CC(=O)NCc2ccc(F)c(C)c2)c1. The molecule has 0 unspecified atom stereocenters. The van der Waals surface area contributed by atoms with Crippen molar-refractivity contribution in [3.8, 4) is 11.4 Å². The number of aromatic nitrogens is 3. The van der Waals surface area contributed by atoms with E-state index in [0.29, 0.717) is 22.7 Å². The van der Waals surface area contributed by atoms with Crippen LogP contribution in [0.1, 0.15) is 16.7 Å². The highest BCUT2D eigenvalue weighted by Gasteiger charge is 2.12. The summed E-state index contributed by atoms with van der Waals surface area (Å²) in [7, 11) is 0. The molecule has 0 bridgehead atoms. The second-order valence-electron chi connectivity index (χ2n) is 6.17. The molecule has 0 saturated carbocycles. The molecule has 0 radical (unpaired) electrons. The Morgan fingerprint density at radius 2 is 2.08 bits per heavy atom. The normalized spacial score (nSPS) is 10.7. The van der Waals surface area contributed by atoms with Gasteiger partial charge < -0.3 is 5.32 Å². The molecule has 0 saturated heterocycles. The predicted octanol–water partition coefficient (Wildman–Crippen LogP) is 3.68. The lowest BCUT2D eigenvalue weighted by Gasteiger charge is -2.09. The topological polar surface area (TPSA) is 62.7 Å². The van der Waals surface area contributed by atoms with E-state index in [0.717, 1.165) is 16.7 Å². The number of rotatable bonds is 5. The summed E-state index contributed by atoms with van der Waals surface area (Å²) in [5.41, 5.74) is 3.38. The van der Waals surface area contributed by atoms with Crippen molar-refractivity contribution in [3.05, 3.63) is 69.7 Å². The van der Waals surface area contributed by atoms with E-state index >= 15 is 0 Å². The molecule has 7 heteroatoms. The first-order valence-corrected chi connectivity index (χ1v) is 8.59. The number of amides is 1. The highest BCUT2D eigenvalue weighted by Crippen LogP contribution is 2.18. The fourth-order valence-electron chi connectivity index (χ4n) is 2.69. The molecule has 0 spiro atoms. The average molecular weight is 370 g/mol. The minimum atomic E-state index is -0.257. The van der Waals surface area contributed by atoms with Crippen LogP contribution in [-0.4, -0.2) is 20.7 Å². The monoisotopic (exact) mass is 370 g/mol. The van der Waals surface area contributed by atoms with Crippen LogP contribution in [-0.2, 0) is 17.9 Å². The summed E-state index contributed by atoms with van der Waals surface area (Å²) in [5.74, 6) is 0.164. The minimum absolute atomic E-state index is 0.0544. The highest BCUT2D eigenvalue weighted by molar-refractivity contribution is 7.71. The van der Waals surface area contributed by atoms with E-state index in [1.54, 1.807) is 23.6 Å². The maximum Gasteiger partial charge on any atom is 0.240 e. The molecule has 0 atom stereocenters. The molecule has 0 fully saturated rings. The fraction of sp³-hybridized carbons (Fsp3) is 0.211. The first-order chi connectivity index (χ1) is 12.4. The molecule has 3 aromatic rings. The number of carbonyl (C=O) groups excluding carboxylic acids is 1. The van der Waals surface area contributed by atoms with Crippen LogP contribution in [0.5, 0.6) is 0 Å². The smallest absolute Gasteiger partial charge is 0.240 e. The molecular weight excluding hydrogens is 351 g/mol. The molecule has 5 nitrogen and oxygen atoms in total. The lowest BCUT2D eigenvalue weighted by atomic mass is 10.1. The van der Waals surface area contributed by atoms with Gasteiger partial charge in [-0.1, -0.05) is 35.9 Å². The number of nitrogens with zero attached hydrogens (tertiary/aromatic N) is 2. The van der Waals surface area contributed by atoms with Crippen molar-refractivity contribution in [1.29, 1.82) is 0 Å². The standard InChI is InChI=1S/C19H19FN4OS/c1-12-4-3-5-15(8-12)18-22-23-19(26)24(18)11-17(25)21-10-14-6-7-16(20)13(2)9-14/h3-9H,10-11H2,1-2H3,(H,21,25)(H,23,26). The fourth-order valence-corrected chi connectivity index (χ4v) is 2.88. The van der Waals surface area contributed by atoms with Crippen LogP contribution in [0.2, 0.25) is 0 Å². The largest absolute Gasteiger partial charge is 0.350 e. The zero-order valence-corrected chi connectivity index (χ0v) is 15.4. The first kappa shape index (κ1) is 18.0. The van der Waals surface area contributed by atoms with Gasteiger partial charge in [0, 0.05) is 12.1 Å². The van der Waals surface area contributed by atoms with Gasteiger partial charge in [-0.15, -0.1) is 0 Å². The molecule has 1 heterocycles. The van der Waals surface area contributed by atoms with E-state index in [9.17, 15) is 9.18 Å². The lowest BCUT2D eigenvalue weighted by Crippen LogP contribution is -2.27. The summed E-state index contributed by atoms with van der Waals surface area (Å²) in [5, 5.41) is 9.82. The number of nitrogens with one attached hydrogen (secondary N) is 2. The maximum atomic E-state index is 13.3. The molecule has 1 aromatic heterocycles. The van der Waals surface area contributed by atoms with Gasteiger partial charge in [-0.3, -0.25) is 14.5 Å². The lowest BCUT2D eigenvalue weighted by molar-refractivity contribution is -0.121. The van der Waals surface area contributed by atoms with Gasteiger partial charge in [0.1, 0.15) is 12.4 Å². The number of hydrogen-bond donors (Lipinski definition) is 2. The number of aryl methyl sites for hydroxylation is 2. The first-order valence-electron chi connectivity index (χ1n) is 8.18. The summed E-state index contributed by atoms with van der Waals surface area (Å²) < 4.78 is 15.4. The molecule has 26 heavy (non-hydrogen) atoms. The summed E-state index contributed by atoms with van der Waals surface area (Å²) in [4.78, 5) is 12.3. The molecule has 134 valence electrons. The number of H-pyrrole nitrogens is 1. The van der Waals surface area contributed by atoms with E-state index in [2.05, 4.69) is 15.5 Å². The third kappa shape index (κ3) is 4.05. The second kappa shape index (κ2) is 7.61. The van der Waals surface area contributed by atoms with Gasteiger partial charge in [-0.25, -0.2) is 4.39 Å². The molecule has 2 aromatic carbocycles. The van der Waals surface area contributed by atoms with Crippen LogP contribution in [0.4, 0.5) is 4.39 Å². The number of carbonyl (C=O) groups is 1. The Morgan fingerprint density at radius 1 is 1.27 bits per heavy atom. The van der Waals surface area contributed by atoms with Crippen LogP contribution in [0, 0.1) is 24.4 Å². The van der Waals surface area contributed by atoms with Gasteiger partial charge in [-0.2, -0.15) is 5.10 Å². The third-order valence-electron chi connectivity index (χ3n) is 4.05. The average Bonchev–Trinajstić information content (AvgIpc) is 2.97. The van der Waals surface area contributed by atoms with E-state index in [-0.39, 0.29) is 18.3 Å². The molecule has 0 aliphatic carbocycles. The number of halogens is 1. The van der Waals surface area contributed by atoms with Gasteiger partial charge in [0.25, 0.3) is 0 Å². The van der Waals surface area contributed by atoms with Crippen LogP contribution >= 0.6 is 12.2 Å². The molecule has 3 rings (SSSR count). The zero-order valence-electron chi connectivity index (χ0n) is 14.5. The Labute approximate surface area is 155 Å². The number of aromatic amines is 1.